The molecule has 112 valence electrons. The maximum atomic E-state index is 5.36. The van der Waals surface area contributed by atoms with Gasteiger partial charge in [-0.25, -0.2) is 0 Å². The van der Waals surface area contributed by atoms with Crippen molar-refractivity contribution in [3.8, 4) is 5.75 Å². The number of nitrogens with one attached hydrogen (secondary N) is 1. The van der Waals surface area contributed by atoms with Crippen molar-refractivity contribution in [2.24, 2.45) is 7.05 Å². The van der Waals surface area contributed by atoms with Crippen molar-refractivity contribution in [2.45, 2.75) is 38.0 Å². The molecular weight excluding hydrogens is 264 g/mol. The Kier molecular flexibility index (Phi) is 4.08. The van der Waals surface area contributed by atoms with Gasteiger partial charge in [0.1, 0.15) is 11.6 Å². The van der Waals surface area contributed by atoms with Gasteiger partial charge in [0, 0.05) is 13.0 Å². The molecule has 0 bridgehead atoms. The summed E-state index contributed by atoms with van der Waals surface area (Å²) >= 11 is 0. The van der Waals surface area contributed by atoms with Crippen LogP contribution in [0.1, 0.15) is 43.8 Å². The highest BCUT2D eigenvalue weighted by Gasteiger charge is 2.22. The molecule has 0 spiro atoms. The number of nitrogens with zero attached hydrogens (tertiary/aromatic N) is 3. The van der Waals surface area contributed by atoms with E-state index in [1.54, 1.807) is 7.11 Å². The SMILES string of the molecule is COc1ccccc1Nc1nnc(C2CCCCC2)n1C. The summed E-state index contributed by atoms with van der Waals surface area (Å²) in [6.45, 7) is 0. The molecule has 1 aromatic heterocycles. The zero-order valence-electron chi connectivity index (χ0n) is 12.7. The third-order valence-electron chi connectivity index (χ3n) is 4.23. The van der Waals surface area contributed by atoms with Crippen LogP contribution in [0.3, 0.4) is 0 Å². The fraction of sp³-hybridized carbons (Fsp3) is 0.500. The van der Waals surface area contributed by atoms with Gasteiger partial charge in [0.25, 0.3) is 0 Å². The maximum Gasteiger partial charge on any atom is 0.228 e. The lowest BCUT2D eigenvalue weighted by Gasteiger charge is -2.20. The largest absolute Gasteiger partial charge is 0.495 e. The zero-order valence-corrected chi connectivity index (χ0v) is 12.7. The van der Waals surface area contributed by atoms with Crippen molar-refractivity contribution >= 4 is 11.6 Å². The van der Waals surface area contributed by atoms with Crippen LogP contribution in [0, 0.1) is 0 Å². The van der Waals surface area contributed by atoms with E-state index in [-0.39, 0.29) is 0 Å². The quantitative estimate of drug-likeness (QED) is 0.932. The molecular formula is C16H22N4O. The standard InChI is InChI=1S/C16H22N4O/c1-20-15(12-8-4-3-5-9-12)18-19-16(20)17-13-10-6-7-11-14(13)21-2/h6-7,10-12H,3-5,8-9H2,1-2H3,(H,17,19). The zero-order chi connectivity index (χ0) is 14.7. The minimum atomic E-state index is 0.546. The van der Waals surface area contributed by atoms with Crippen LogP contribution in [0.15, 0.2) is 24.3 Å². The van der Waals surface area contributed by atoms with Gasteiger partial charge in [-0.1, -0.05) is 31.4 Å². The van der Waals surface area contributed by atoms with E-state index in [1.807, 2.05) is 31.3 Å². The monoisotopic (exact) mass is 286 g/mol. The Labute approximate surface area is 125 Å². The second-order valence-corrected chi connectivity index (χ2v) is 5.60. The summed E-state index contributed by atoms with van der Waals surface area (Å²) in [5.41, 5.74) is 0.908. The van der Waals surface area contributed by atoms with Gasteiger partial charge in [0.05, 0.1) is 12.8 Å². The predicted molar refractivity (Wildman–Crippen MR) is 83.1 cm³/mol. The Balaban J connectivity index is 1.82. The highest BCUT2D eigenvalue weighted by Crippen LogP contribution is 2.33. The van der Waals surface area contributed by atoms with Gasteiger partial charge >= 0.3 is 0 Å². The number of hydrogen-bond donors (Lipinski definition) is 1. The van der Waals surface area contributed by atoms with Crippen LogP contribution < -0.4 is 10.1 Å². The normalized spacial score (nSPS) is 15.9. The molecule has 0 aliphatic heterocycles. The first kappa shape index (κ1) is 13.9. The number of anilines is 2. The van der Waals surface area contributed by atoms with E-state index >= 15 is 0 Å². The first-order valence-corrected chi connectivity index (χ1v) is 7.59. The van der Waals surface area contributed by atoms with Crippen LogP contribution >= 0.6 is 0 Å². The van der Waals surface area contributed by atoms with Gasteiger partial charge in [-0.05, 0) is 25.0 Å². The molecule has 1 N–H and O–H groups in total. The van der Waals surface area contributed by atoms with Crippen molar-refractivity contribution in [3.63, 3.8) is 0 Å². The van der Waals surface area contributed by atoms with Crippen molar-refractivity contribution in [1.29, 1.82) is 0 Å². The molecule has 0 atom stereocenters. The average Bonchev–Trinajstić information content (AvgIpc) is 2.90. The maximum absolute atomic E-state index is 5.36. The summed E-state index contributed by atoms with van der Waals surface area (Å²) in [5.74, 6) is 3.20. The van der Waals surface area contributed by atoms with Crippen LogP contribution in [-0.2, 0) is 7.05 Å². The molecule has 5 nitrogen and oxygen atoms in total. The third-order valence-corrected chi connectivity index (χ3v) is 4.23. The van der Waals surface area contributed by atoms with Gasteiger partial charge in [0.15, 0.2) is 0 Å². The molecule has 1 fully saturated rings. The van der Waals surface area contributed by atoms with Crippen molar-refractivity contribution in [1.82, 2.24) is 14.8 Å². The van der Waals surface area contributed by atoms with Gasteiger partial charge in [-0.15, -0.1) is 10.2 Å². The molecule has 1 saturated carbocycles. The molecule has 1 heterocycles. The summed E-state index contributed by atoms with van der Waals surface area (Å²) in [6.07, 6.45) is 6.39. The minimum absolute atomic E-state index is 0.546. The van der Waals surface area contributed by atoms with E-state index in [2.05, 4.69) is 20.1 Å². The molecule has 1 aromatic carbocycles. The summed E-state index contributed by atoms with van der Waals surface area (Å²) < 4.78 is 7.43. The highest BCUT2D eigenvalue weighted by molar-refractivity contribution is 5.62. The molecule has 1 aliphatic carbocycles. The second kappa shape index (κ2) is 6.16. The number of ether oxygens (including phenoxy) is 1. The minimum Gasteiger partial charge on any atom is -0.495 e. The molecule has 0 saturated heterocycles. The second-order valence-electron chi connectivity index (χ2n) is 5.60. The molecule has 0 amide bonds. The fourth-order valence-corrected chi connectivity index (χ4v) is 3.03. The van der Waals surface area contributed by atoms with Crippen LogP contribution in [0.2, 0.25) is 0 Å². The number of para-hydroxylation sites is 2. The van der Waals surface area contributed by atoms with Crippen LogP contribution in [0.4, 0.5) is 11.6 Å². The van der Waals surface area contributed by atoms with E-state index in [4.69, 9.17) is 4.74 Å². The van der Waals surface area contributed by atoms with E-state index < -0.39 is 0 Å². The summed E-state index contributed by atoms with van der Waals surface area (Å²) in [6, 6.07) is 7.84. The van der Waals surface area contributed by atoms with Gasteiger partial charge in [0.2, 0.25) is 5.95 Å². The van der Waals surface area contributed by atoms with Crippen molar-refractivity contribution in [3.05, 3.63) is 30.1 Å². The van der Waals surface area contributed by atoms with Crippen LogP contribution in [-0.4, -0.2) is 21.9 Å². The van der Waals surface area contributed by atoms with E-state index in [0.717, 1.165) is 23.2 Å². The molecule has 21 heavy (non-hydrogen) atoms. The van der Waals surface area contributed by atoms with Crippen LogP contribution in [0.5, 0.6) is 5.75 Å². The lowest BCUT2D eigenvalue weighted by Crippen LogP contribution is -2.11. The number of aromatic nitrogens is 3. The summed E-state index contributed by atoms with van der Waals surface area (Å²) in [5, 5.41) is 12.0. The molecule has 1 aliphatic rings. The molecule has 0 unspecified atom stereocenters. The van der Waals surface area contributed by atoms with Crippen LogP contribution in [0.25, 0.3) is 0 Å². The Morgan fingerprint density at radius 3 is 2.67 bits per heavy atom. The Bertz CT molecular complexity index is 602. The topological polar surface area (TPSA) is 52.0 Å². The first-order chi connectivity index (χ1) is 10.3. The van der Waals surface area contributed by atoms with Crippen molar-refractivity contribution < 1.29 is 4.74 Å². The number of methoxy groups -OCH3 is 1. The lowest BCUT2D eigenvalue weighted by atomic mass is 9.89. The fourth-order valence-electron chi connectivity index (χ4n) is 3.03. The first-order valence-electron chi connectivity index (χ1n) is 7.59. The van der Waals surface area contributed by atoms with E-state index in [1.165, 1.54) is 32.1 Å². The van der Waals surface area contributed by atoms with Gasteiger partial charge < -0.3 is 14.6 Å². The van der Waals surface area contributed by atoms with Crippen molar-refractivity contribution in [2.75, 3.05) is 12.4 Å². The number of hydrogen-bond acceptors (Lipinski definition) is 4. The number of benzene rings is 1. The highest BCUT2D eigenvalue weighted by atomic mass is 16.5. The summed E-state index contributed by atoms with van der Waals surface area (Å²) in [4.78, 5) is 0. The third kappa shape index (κ3) is 2.86. The molecule has 5 heteroatoms. The smallest absolute Gasteiger partial charge is 0.228 e. The Morgan fingerprint density at radius 2 is 1.90 bits per heavy atom. The summed E-state index contributed by atoms with van der Waals surface area (Å²) in [7, 11) is 3.70. The Hall–Kier alpha value is -2.04. The number of rotatable bonds is 4. The van der Waals surface area contributed by atoms with Gasteiger partial charge in [-0.2, -0.15) is 0 Å². The van der Waals surface area contributed by atoms with E-state index in [0.29, 0.717) is 5.92 Å². The van der Waals surface area contributed by atoms with E-state index in [9.17, 15) is 0 Å². The average molecular weight is 286 g/mol. The molecule has 3 rings (SSSR count). The predicted octanol–water partition coefficient (Wildman–Crippen LogP) is 3.62. The lowest BCUT2D eigenvalue weighted by molar-refractivity contribution is 0.416. The van der Waals surface area contributed by atoms with Gasteiger partial charge in [-0.3, -0.25) is 0 Å². The Morgan fingerprint density at radius 1 is 1.14 bits per heavy atom. The molecule has 2 aromatic rings. The molecule has 0 radical (unpaired) electrons.